The van der Waals surface area contributed by atoms with Crippen molar-refractivity contribution in [1.29, 1.82) is 0 Å². The maximum atomic E-state index is 12.5. The molecule has 3 nitrogen and oxygen atoms in total. The van der Waals surface area contributed by atoms with Gasteiger partial charge in [-0.15, -0.1) is 0 Å². The minimum atomic E-state index is -4.34. The highest BCUT2D eigenvalue weighted by atomic mass is 35.5. The van der Waals surface area contributed by atoms with Crippen LogP contribution in [0.2, 0.25) is 5.15 Å². The topological polar surface area (TPSA) is 37.8 Å². The minimum absolute atomic E-state index is 0.197. The van der Waals surface area contributed by atoms with Gasteiger partial charge in [0.1, 0.15) is 0 Å². The van der Waals surface area contributed by atoms with Gasteiger partial charge >= 0.3 is 6.18 Å². The molecular weight excluding hydrogens is 347 g/mol. The van der Waals surface area contributed by atoms with Crippen molar-refractivity contribution in [2.75, 3.05) is 4.72 Å². The lowest BCUT2D eigenvalue weighted by molar-refractivity contribution is -0.137. The zero-order valence-corrected chi connectivity index (χ0v) is 13.0. The summed E-state index contributed by atoms with van der Waals surface area (Å²) >= 11 is 7.17. The normalized spacial score (nSPS) is 11.7. The Morgan fingerprint density at radius 3 is 2.13 bits per heavy atom. The molecule has 0 bridgehead atoms. The molecular formula is C15H9ClF3N3S. The fourth-order valence-electron chi connectivity index (χ4n) is 1.86. The predicted molar refractivity (Wildman–Crippen MR) is 85.5 cm³/mol. The molecule has 1 heterocycles. The molecule has 0 amide bonds. The largest absolute Gasteiger partial charge is 0.416 e. The number of hydrogen-bond donors (Lipinski definition) is 1. The molecule has 0 aliphatic heterocycles. The number of para-hydroxylation sites is 2. The number of nitrogens with zero attached hydrogens (tertiary/aromatic N) is 2. The van der Waals surface area contributed by atoms with Crippen LogP contribution in [0.1, 0.15) is 5.56 Å². The molecule has 0 saturated carbocycles. The van der Waals surface area contributed by atoms with Crippen molar-refractivity contribution in [3.63, 3.8) is 0 Å². The van der Waals surface area contributed by atoms with Gasteiger partial charge < -0.3 is 4.72 Å². The molecule has 0 unspecified atom stereocenters. The second-order valence-corrected chi connectivity index (χ2v) is 5.82. The Morgan fingerprint density at radius 2 is 1.52 bits per heavy atom. The number of rotatable bonds is 3. The van der Waals surface area contributed by atoms with Crippen molar-refractivity contribution in [3.05, 3.63) is 59.2 Å². The van der Waals surface area contributed by atoms with E-state index in [1.807, 2.05) is 12.1 Å². The van der Waals surface area contributed by atoms with Crippen LogP contribution in [0.25, 0.3) is 11.0 Å². The molecule has 3 aromatic rings. The third-order valence-electron chi connectivity index (χ3n) is 2.98. The van der Waals surface area contributed by atoms with Crippen molar-refractivity contribution in [2.45, 2.75) is 11.1 Å². The predicted octanol–water partition coefficient (Wildman–Crippen LogP) is 5.42. The first kappa shape index (κ1) is 15.9. The van der Waals surface area contributed by atoms with E-state index in [0.29, 0.717) is 21.7 Å². The van der Waals surface area contributed by atoms with E-state index >= 15 is 0 Å². The van der Waals surface area contributed by atoms with Gasteiger partial charge in [0.15, 0.2) is 11.0 Å². The lowest BCUT2D eigenvalue weighted by Gasteiger charge is -2.09. The number of fused-ring (bicyclic) bond motifs is 1. The smallest absolute Gasteiger partial charge is 0.308 e. The van der Waals surface area contributed by atoms with Crippen molar-refractivity contribution in [3.8, 4) is 0 Å². The summed E-state index contributed by atoms with van der Waals surface area (Å²) in [5, 5.41) is 0.197. The Labute approximate surface area is 139 Å². The van der Waals surface area contributed by atoms with Crippen molar-refractivity contribution in [2.24, 2.45) is 0 Å². The van der Waals surface area contributed by atoms with Crippen LogP contribution < -0.4 is 4.72 Å². The highest BCUT2D eigenvalue weighted by Crippen LogP contribution is 2.31. The third kappa shape index (κ3) is 3.68. The summed E-state index contributed by atoms with van der Waals surface area (Å²) in [6.07, 6.45) is -4.34. The van der Waals surface area contributed by atoms with Crippen molar-refractivity contribution in [1.82, 2.24) is 9.97 Å². The number of hydrogen-bond acceptors (Lipinski definition) is 4. The zero-order valence-electron chi connectivity index (χ0n) is 11.4. The zero-order chi connectivity index (χ0) is 16.4. The lowest BCUT2D eigenvalue weighted by Crippen LogP contribution is -2.04. The molecule has 1 N–H and O–H groups in total. The summed E-state index contributed by atoms with van der Waals surface area (Å²) in [7, 11) is 0. The second kappa shape index (κ2) is 6.25. The van der Waals surface area contributed by atoms with Crippen LogP contribution in [0.4, 0.5) is 19.0 Å². The Bertz CT molecular complexity index is 837. The van der Waals surface area contributed by atoms with Crippen LogP contribution in [0.5, 0.6) is 0 Å². The van der Waals surface area contributed by atoms with Gasteiger partial charge in [0, 0.05) is 4.90 Å². The molecule has 0 atom stereocenters. The van der Waals surface area contributed by atoms with Gasteiger partial charge in [-0.25, -0.2) is 9.97 Å². The monoisotopic (exact) mass is 355 g/mol. The summed E-state index contributed by atoms with van der Waals surface area (Å²) in [6, 6.07) is 12.1. The van der Waals surface area contributed by atoms with E-state index in [1.165, 1.54) is 12.1 Å². The van der Waals surface area contributed by atoms with E-state index in [0.717, 1.165) is 24.1 Å². The van der Waals surface area contributed by atoms with Crippen LogP contribution in [0, 0.1) is 0 Å². The summed E-state index contributed by atoms with van der Waals surface area (Å²) in [5.74, 6) is 0.357. The van der Waals surface area contributed by atoms with E-state index in [9.17, 15) is 13.2 Å². The van der Waals surface area contributed by atoms with Gasteiger partial charge in [-0.1, -0.05) is 23.7 Å². The van der Waals surface area contributed by atoms with Gasteiger partial charge in [0.25, 0.3) is 0 Å². The number of aromatic nitrogens is 2. The second-order valence-electron chi connectivity index (χ2n) is 4.58. The SMILES string of the molecule is FC(F)(F)c1ccc(SNc2nc3ccccc3nc2Cl)cc1. The molecule has 8 heteroatoms. The first-order valence-corrected chi connectivity index (χ1v) is 7.65. The summed E-state index contributed by atoms with van der Waals surface area (Å²) in [4.78, 5) is 9.15. The maximum absolute atomic E-state index is 12.5. The average molecular weight is 356 g/mol. The highest BCUT2D eigenvalue weighted by molar-refractivity contribution is 8.00. The van der Waals surface area contributed by atoms with E-state index < -0.39 is 11.7 Å². The Morgan fingerprint density at radius 1 is 0.913 bits per heavy atom. The Kier molecular flexibility index (Phi) is 4.32. The minimum Gasteiger partial charge on any atom is -0.308 e. The lowest BCUT2D eigenvalue weighted by atomic mass is 10.2. The van der Waals surface area contributed by atoms with E-state index in [4.69, 9.17) is 11.6 Å². The molecule has 1 aromatic heterocycles. The Balaban J connectivity index is 1.76. The van der Waals surface area contributed by atoms with Gasteiger partial charge in [-0.2, -0.15) is 13.2 Å². The number of alkyl halides is 3. The van der Waals surface area contributed by atoms with E-state index in [-0.39, 0.29) is 5.15 Å². The fraction of sp³-hybridized carbons (Fsp3) is 0.0667. The van der Waals surface area contributed by atoms with Crippen molar-refractivity contribution >= 4 is 40.4 Å². The number of benzene rings is 2. The van der Waals surface area contributed by atoms with Gasteiger partial charge in [0.05, 0.1) is 16.6 Å². The average Bonchev–Trinajstić information content (AvgIpc) is 2.52. The molecule has 0 saturated heterocycles. The van der Waals surface area contributed by atoms with E-state index in [1.54, 1.807) is 12.1 Å². The highest BCUT2D eigenvalue weighted by Gasteiger charge is 2.29. The van der Waals surface area contributed by atoms with Crippen molar-refractivity contribution < 1.29 is 13.2 Å². The molecule has 0 aliphatic carbocycles. The van der Waals surface area contributed by atoms with Gasteiger partial charge in [-0.05, 0) is 48.3 Å². The molecule has 2 aromatic carbocycles. The number of nitrogens with one attached hydrogen (secondary N) is 1. The molecule has 0 aliphatic rings. The van der Waals surface area contributed by atoms with Crippen LogP contribution in [0.3, 0.4) is 0 Å². The van der Waals surface area contributed by atoms with Gasteiger partial charge in [0.2, 0.25) is 0 Å². The van der Waals surface area contributed by atoms with Crippen LogP contribution >= 0.6 is 23.5 Å². The molecule has 0 fully saturated rings. The number of halogens is 4. The van der Waals surface area contributed by atoms with Crippen LogP contribution in [-0.4, -0.2) is 9.97 Å². The first-order chi connectivity index (χ1) is 10.9. The fourth-order valence-corrected chi connectivity index (χ4v) is 2.73. The Hall–Kier alpha value is -1.99. The molecule has 23 heavy (non-hydrogen) atoms. The summed E-state index contributed by atoms with van der Waals surface area (Å²) in [6.45, 7) is 0. The first-order valence-electron chi connectivity index (χ1n) is 6.46. The molecule has 118 valence electrons. The third-order valence-corrected chi connectivity index (χ3v) is 4.04. The van der Waals surface area contributed by atoms with Gasteiger partial charge in [-0.3, -0.25) is 0 Å². The maximum Gasteiger partial charge on any atom is 0.416 e. The summed E-state index contributed by atoms with van der Waals surface area (Å²) < 4.78 is 40.4. The van der Waals surface area contributed by atoms with Crippen LogP contribution in [0.15, 0.2) is 53.4 Å². The summed E-state index contributed by atoms with van der Waals surface area (Å²) in [5.41, 5.74) is 0.653. The molecule has 0 radical (unpaired) electrons. The molecule has 0 spiro atoms. The standard InChI is InChI=1S/C15H9ClF3N3S/c16-13-14(21-12-4-2-1-3-11(12)20-13)22-23-10-7-5-9(6-8-10)15(17,18)19/h1-8H,(H,21,22). The quantitative estimate of drug-likeness (QED) is 0.636. The van der Waals surface area contributed by atoms with E-state index in [2.05, 4.69) is 14.7 Å². The number of anilines is 1. The molecule has 3 rings (SSSR count). The van der Waals surface area contributed by atoms with Crippen LogP contribution in [-0.2, 0) is 6.18 Å².